The summed E-state index contributed by atoms with van der Waals surface area (Å²) in [6.45, 7) is 1.99. The Morgan fingerprint density at radius 2 is 1.87 bits per heavy atom. The Bertz CT molecular complexity index is 638. The summed E-state index contributed by atoms with van der Waals surface area (Å²) < 4.78 is 38.5. The highest BCUT2D eigenvalue weighted by Gasteiger charge is 2.33. The minimum Gasteiger partial charge on any atom is -0.490 e. The van der Waals surface area contributed by atoms with E-state index in [-0.39, 0.29) is 23.3 Å². The third kappa shape index (κ3) is 3.74. The summed E-state index contributed by atoms with van der Waals surface area (Å²) in [5.41, 5.74) is 5.75. The average molecular weight is 363 g/mol. The molecule has 2 aliphatic heterocycles. The summed E-state index contributed by atoms with van der Waals surface area (Å²) in [6, 6.07) is 4.72. The molecule has 6 nitrogen and oxygen atoms in total. The number of ether oxygens (including phenoxy) is 2. The lowest BCUT2D eigenvalue weighted by Gasteiger charge is -2.33. The van der Waals surface area contributed by atoms with Gasteiger partial charge in [0, 0.05) is 31.6 Å². The molecule has 3 rings (SSSR count). The van der Waals surface area contributed by atoms with Gasteiger partial charge in [0.2, 0.25) is 10.0 Å². The van der Waals surface area contributed by atoms with Gasteiger partial charge in [0.1, 0.15) is 0 Å². The first-order chi connectivity index (χ1) is 10.6. The smallest absolute Gasteiger partial charge is 0.243 e. The second-order valence-corrected chi connectivity index (χ2v) is 7.55. The van der Waals surface area contributed by atoms with Crippen LogP contribution in [0.5, 0.6) is 11.5 Å². The van der Waals surface area contributed by atoms with Crippen molar-refractivity contribution in [2.24, 2.45) is 5.73 Å². The Hall–Kier alpha value is -1.02. The largest absolute Gasteiger partial charge is 0.490 e. The van der Waals surface area contributed by atoms with E-state index in [2.05, 4.69) is 0 Å². The zero-order chi connectivity index (χ0) is 15.6. The molecule has 23 heavy (non-hydrogen) atoms. The number of hydrogen-bond donors (Lipinski definition) is 1. The van der Waals surface area contributed by atoms with Crippen LogP contribution in [0.4, 0.5) is 0 Å². The topological polar surface area (TPSA) is 81.9 Å². The van der Waals surface area contributed by atoms with Crippen molar-refractivity contribution in [2.45, 2.75) is 36.6 Å². The van der Waals surface area contributed by atoms with Crippen LogP contribution >= 0.6 is 12.4 Å². The van der Waals surface area contributed by atoms with Crippen molar-refractivity contribution in [3.63, 3.8) is 0 Å². The van der Waals surface area contributed by atoms with E-state index in [0.717, 1.165) is 25.7 Å². The fourth-order valence-electron chi connectivity index (χ4n) is 2.97. The summed E-state index contributed by atoms with van der Waals surface area (Å²) in [5, 5.41) is 0. The van der Waals surface area contributed by atoms with Gasteiger partial charge in [0.25, 0.3) is 0 Å². The van der Waals surface area contributed by atoms with E-state index in [0.29, 0.717) is 37.8 Å². The van der Waals surface area contributed by atoms with E-state index in [9.17, 15) is 8.42 Å². The van der Waals surface area contributed by atoms with Crippen molar-refractivity contribution in [3.05, 3.63) is 18.2 Å². The maximum atomic E-state index is 12.9. The molecule has 0 saturated carbocycles. The molecular weight excluding hydrogens is 340 g/mol. The third-order valence-electron chi connectivity index (χ3n) is 4.17. The average Bonchev–Trinajstić information content (AvgIpc) is 2.79. The molecule has 1 aromatic carbocycles. The SMILES string of the molecule is Cl.NCC1CCCCN1S(=O)(=O)c1ccc2c(c1)OCCCO2. The van der Waals surface area contributed by atoms with Crippen LogP contribution in [0.25, 0.3) is 0 Å². The van der Waals surface area contributed by atoms with Crippen LogP contribution in [0, 0.1) is 0 Å². The molecule has 1 unspecified atom stereocenters. The monoisotopic (exact) mass is 362 g/mol. The van der Waals surface area contributed by atoms with Gasteiger partial charge in [-0.15, -0.1) is 12.4 Å². The van der Waals surface area contributed by atoms with Crippen molar-refractivity contribution < 1.29 is 17.9 Å². The Balaban J connectivity index is 0.00000192. The molecule has 1 saturated heterocycles. The maximum absolute atomic E-state index is 12.9. The normalized spacial score (nSPS) is 22.0. The van der Waals surface area contributed by atoms with Crippen molar-refractivity contribution in [3.8, 4) is 11.5 Å². The summed E-state index contributed by atoms with van der Waals surface area (Å²) in [6.07, 6.45) is 3.51. The molecule has 0 aromatic heterocycles. The molecule has 1 atom stereocenters. The molecule has 8 heteroatoms. The van der Waals surface area contributed by atoms with Gasteiger partial charge in [-0.1, -0.05) is 6.42 Å². The quantitative estimate of drug-likeness (QED) is 0.886. The Kier molecular flexibility index (Phi) is 6.13. The van der Waals surface area contributed by atoms with Crippen LogP contribution in [0.3, 0.4) is 0 Å². The number of benzene rings is 1. The first-order valence-electron chi connectivity index (χ1n) is 7.74. The highest BCUT2D eigenvalue weighted by atomic mass is 35.5. The van der Waals surface area contributed by atoms with Gasteiger partial charge in [-0.25, -0.2) is 8.42 Å². The zero-order valence-electron chi connectivity index (χ0n) is 12.9. The van der Waals surface area contributed by atoms with Crippen molar-refractivity contribution in [1.29, 1.82) is 0 Å². The predicted octanol–water partition coefficient (Wildman–Crippen LogP) is 1.77. The molecule has 0 radical (unpaired) electrons. The number of nitrogens with zero attached hydrogens (tertiary/aromatic N) is 1. The molecule has 0 bridgehead atoms. The van der Waals surface area contributed by atoms with Crippen molar-refractivity contribution in [1.82, 2.24) is 4.31 Å². The second kappa shape index (κ2) is 7.70. The van der Waals surface area contributed by atoms with Gasteiger partial charge < -0.3 is 15.2 Å². The lowest BCUT2D eigenvalue weighted by Crippen LogP contribution is -2.47. The fourth-order valence-corrected chi connectivity index (χ4v) is 4.69. The van der Waals surface area contributed by atoms with Gasteiger partial charge >= 0.3 is 0 Å². The predicted molar refractivity (Wildman–Crippen MR) is 89.9 cm³/mol. The summed E-state index contributed by atoms with van der Waals surface area (Å²) >= 11 is 0. The number of hydrogen-bond acceptors (Lipinski definition) is 5. The van der Waals surface area contributed by atoms with Crippen LogP contribution in [0.2, 0.25) is 0 Å². The minimum absolute atomic E-state index is 0. The summed E-state index contributed by atoms with van der Waals surface area (Å²) in [5.74, 6) is 1.10. The van der Waals surface area contributed by atoms with E-state index in [1.54, 1.807) is 18.2 Å². The van der Waals surface area contributed by atoms with Crippen LogP contribution in [0.1, 0.15) is 25.7 Å². The molecule has 2 heterocycles. The van der Waals surface area contributed by atoms with E-state index in [1.807, 2.05) is 0 Å². The molecule has 2 N–H and O–H groups in total. The lowest BCUT2D eigenvalue weighted by atomic mass is 10.1. The number of sulfonamides is 1. The van der Waals surface area contributed by atoms with Gasteiger partial charge in [-0.3, -0.25) is 0 Å². The Labute approximate surface area is 143 Å². The zero-order valence-corrected chi connectivity index (χ0v) is 14.6. The lowest BCUT2D eigenvalue weighted by molar-refractivity contribution is 0.257. The minimum atomic E-state index is -3.55. The number of nitrogens with two attached hydrogens (primary N) is 1. The summed E-state index contributed by atoms with van der Waals surface area (Å²) in [4.78, 5) is 0.247. The molecule has 1 fully saturated rings. The van der Waals surface area contributed by atoms with Crippen LogP contribution in [0.15, 0.2) is 23.1 Å². The molecule has 0 aliphatic carbocycles. The van der Waals surface area contributed by atoms with E-state index < -0.39 is 10.0 Å². The highest BCUT2D eigenvalue weighted by molar-refractivity contribution is 7.89. The highest BCUT2D eigenvalue weighted by Crippen LogP contribution is 2.34. The molecule has 1 aromatic rings. The van der Waals surface area contributed by atoms with E-state index >= 15 is 0 Å². The van der Waals surface area contributed by atoms with Gasteiger partial charge in [0.05, 0.1) is 18.1 Å². The van der Waals surface area contributed by atoms with Crippen LogP contribution < -0.4 is 15.2 Å². The Morgan fingerprint density at radius 1 is 1.13 bits per heavy atom. The van der Waals surface area contributed by atoms with Crippen LogP contribution in [-0.4, -0.2) is 45.1 Å². The van der Waals surface area contributed by atoms with Crippen molar-refractivity contribution >= 4 is 22.4 Å². The number of piperidine rings is 1. The molecular formula is C15H23ClN2O4S. The van der Waals surface area contributed by atoms with E-state index in [4.69, 9.17) is 15.2 Å². The molecule has 2 aliphatic rings. The van der Waals surface area contributed by atoms with Gasteiger partial charge in [0.15, 0.2) is 11.5 Å². The molecule has 0 spiro atoms. The molecule has 130 valence electrons. The first kappa shape index (κ1) is 18.3. The van der Waals surface area contributed by atoms with Gasteiger partial charge in [-0.2, -0.15) is 4.31 Å². The second-order valence-electron chi connectivity index (χ2n) is 5.66. The molecule has 0 amide bonds. The fraction of sp³-hybridized carbons (Fsp3) is 0.600. The van der Waals surface area contributed by atoms with Crippen molar-refractivity contribution in [2.75, 3.05) is 26.3 Å². The maximum Gasteiger partial charge on any atom is 0.243 e. The third-order valence-corrected chi connectivity index (χ3v) is 6.12. The number of rotatable bonds is 3. The number of halogens is 1. The van der Waals surface area contributed by atoms with Gasteiger partial charge in [-0.05, 0) is 25.0 Å². The van der Waals surface area contributed by atoms with E-state index in [1.165, 1.54) is 4.31 Å². The van der Waals surface area contributed by atoms with Crippen LogP contribution in [-0.2, 0) is 10.0 Å². The Morgan fingerprint density at radius 3 is 2.61 bits per heavy atom. The number of fused-ring (bicyclic) bond motifs is 1. The first-order valence-corrected chi connectivity index (χ1v) is 9.18. The summed E-state index contributed by atoms with van der Waals surface area (Å²) in [7, 11) is -3.55. The standard InChI is InChI=1S/C15H22N2O4S.ClH/c16-11-12-4-1-2-7-17(12)22(18,19)13-5-6-14-15(10-13)21-9-3-8-20-14;/h5-6,10,12H,1-4,7-9,11,16H2;1H.